The lowest BCUT2D eigenvalue weighted by atomic mass is 10.1. The lowest BCUT2D eigenvalue weighted by molar-refractivity contribution is 0.102. The first-order valence-corrected chi connectivity index (χ1v) is 12.2. The highest BCUT2D eigenvalue weighted by molar-refractivity contribution is 9.10. The molecule has 3 aromatic carbocycles. The summed E-state index contributed by atoms with van der Waals surface area (Å²) >= 11 is 3.34. The monoisotopic (exact) mass is 542 g/mol. The number of amides is 1. The van der Waals surface area contributed by atoms with E-state index in [4.69, 9.17) is 4.42 Å². The van der Waals surface area contributed by atoms with Gasteiger partial charge in [0, 0.05) is 17.1 Å². The maximum atomic E-state index is 13.0. The van der Waals surface area contributed by atoms with Gasteiger partial charge in [0.25, 0.3) is 21.8 Å². The molecule has 1 aromatic heterocycles. The Balaban J connectivity index is 1.56. The summed E-state index contributed by atoms with van der Waals surface area (Å²) in [4.78, 5) is 24.2. The van der Waals surface area contributed by atoms with E-state index in [1.54, 1.807) is 30.3 Å². The van der Waals surface area contributed by atoms with Gasteiger partial charge in [0.2, 0.25) is 0 Å². The van der Waals surface area contributed by atoms with Gasteiger partial charge in [-0.1, -0.05) is 33.6 Å². The Labute approximate surface area is 203 Å². The fraction of sp³-hybridized carbons (Fsp3) is 0.0870. The van der Waals surface area contributed by atoms with Gasteiger partial charge in [-0.2, -0.15) is 0 Å². The number of aryl methyl sites for hydroxylation is 1. The third-order valence-electron chi connectivity index (χ3n) is 5.07. The van der Waals surface area contributed by atoms with Gasteiger partial charge in [-0.05, 0) is 61.5 Å². The molecule has 4 rings (SSSR count). The van der Waals surface area contributed by atoms with E-state index in [-0.39, 0.29) is 16.3 Å². The van der Waals surface area contributed by atoms with Crippen LogP contribution in [0, 0.1) is 6.92 Å². The van der Waals surface area contributed by atoms with Crippen molar-refractivity contribution in [3.63, 3.8) is 0 Å². The number of anilines is 2. The third-order valence-corrected chi connectivity index (χ3v) is 7.36. The summed E-state index contributed by atoms with van der Waals surface area (Å²) in [7, 11) is -2.33. The van der Waals surface area contributed by atoms with E-state index in [9.17, 15) is 18.0 Å². The van der Waals surface area contributed by atoms with Crippen molar-refractivity contribution < 1.29 is 17.6 Å². The Hall–Kier alpha value is -3.70. The molecular formula is C23H19BrN4O5S. The topological polar surface area (TPSA) is 125 Å². The molecule has 0 radical (unpaired) electrons. The number of rotatable bonds is 6. The molecule has 0 saturated carbocycles. The maximum Gasteiger partial charge on any atom is 0.434 e. The van der Waals surface area contributed by atoms with E-state index in [1.807, 2.05) is 19.1 Å². The largest absolute Gasteiger partial charge is 0.434 e. The van der Waals surface area contributed by atoms with Crippen LogP contribution in [0.3, 0.4) is 0 Å². The average molecular weight is 543 g/mol. The molecule has 2 N–H and O–H groups in total. The van der Waals surface area contributed by atoms with Crippen molar-refractivity contribution in [1.82, 2.24) is 10.2 Å². The quantitative estimate of drug-likeness (QED) is 0.376. The predicted octanol–water partition coefficient (Wildman–Crippen LogP) is 4.18. The van der Waals surface area contributed by atoms with Crippen molar-refractivity contribution in [3.8, 4) is 11.5 Å². The molecule has 0 saturated heterocycles. The molecule has 174 valence electrons. The van der Waals surface area contributed by atoms with Gasteiger partial charge < -0.3 is 9.73 Å². The minimum atomic E-state index is -3.81. The van der Waals surface area contributed by atoms with E-state index < -0.39 is 21.7 Å². The van der Waals surface area contributed by atoms with Crippen LogP contribution in [0.25, 0.3) is 11.5 Å². The molecule has 0 aliphatic heterocycles. The number of hydrogen-bond acceptors (Lipinski definition) is 6. The van der Waals surface area contributed by atoms with E-state index in [1.165, 1.54) is 35.6 Å². The van der Waals surface area contributed by atoms with Gasteiger partial charge >= 0.3 is 5.76 Å². The van der Waals surface area contributed by atoms with Crippen LogP contribution in [0.2, 0.25) is 0 Å². The number of aromatic nitrogens is 2. The highest BCUT2D eigenvalue weighted by Crippen LogP contribution is 2.30. The van der Waals surface area contributed by atoms with E-state index in [0.717, 1.165) is 5.56 Å². The molecule has 1 amide bonds. The number of nitrogens with zero attached hydrogens (tertiary/aromatic N) is 2. The number of carbonyl (C=O) groups excluding carboxylic acids is 1. The van der Waals surface area contributed by atoms with E-state index >= 15 is 0 Å². The third kappa shape index (κ3) is 4.80. The number of hydrogen-bond donors (Lipinski definition) is 2. The zero-order valence-corrected chi connectivity index (χ0v) is 20.5. The Morgan fingerprint density at radius 2 is 1.74 bits per heavy atom. The molecule has 0 atom stereocenters. The zero-order chi connectivity index (χ0) is 24.5. The number of H-pyrrole nitrogens is 1. The SMILES string of the molecule is Cc1ccc(N(C)S(=O)(=O)c2ccc(C(=O)Nc3ccc(Br)cc3-c3n[nH]c(=O)o3)cc2)cc1. The fourth-order valence-corrected chi connectivity index (χ4v) is 4.73. The van der Waals surface area contributed by atoms with Gasteiger partial charge in [0.15, 0.2) is 0 Å². The average Bonchev–Trinajstić information content (AvgIpc) is 3.26. The molecule has 0 spiro atoms. The van der Waals surface area contributed by atoms with Crippen LogP contribution in [0.15, 0.2) is 85.3 Å². The van der Waals surface area contributed by atoms with Crippen molar-refractivity contribution in [2.24, 2.45) is 0 Å². The van der Waals surface area contributed by atoms with Crippen molar-refractivity contribution in [1.29, 1.82) is 0 Å². The molecule has 4 aromatic rings. The van der Waals surface area contributed by atoms with Gasteiger partial charge in [0.05, 0.1) is 21.8 Å². The zero-order valence-electron chi connectivity index (χ0n) is 18.1. The first-order chi connectivity index (χ1) is 16.1. The molecule has 0 unspecified atom stereocenters. The van der Waals surface area contributed by atoms with Crippen LogP contribution in [0.5, 0.6) is 0 Å². The number of nitrogens with one attached hydrogen (secondary N) is 2. The lowest BCUT2D eigenvalue weighted by Gasteiger charge is -2.20. The fourth-order valence-electron chi connectivity index (χ4n) is 3.17. The highest BCUT2D eigenvalue weighted by atomic mass is 79.9. The summed E-state index contributed by atoms with van der Waals surface area (Å²) in [5.41, 5.74) is 2.54. The maximum absolute atomic E-state index is 13.0. The second kappa shape index (κ2) is 9.27. The molecule has 0 aliphatic rings. The van der Waals surface area contributed by atoms with Gasteiger partial charge in [0.1, 0.15) is 0 Å². The summed E-state index contributed by atoms with van der Waals surface area (Å²) in [5.74, 6) is -1.18. The van der Waals surface area contributed by atoms with Crippen molar-refractivity contribution in [2.45, 2.75) is 11.8 Å². The van der Waals surface area contributed by atoms with Crippen LogP contribution in [-0.4, -0.2) is 31.6 Å². The Morgan fingerprint density at radius 3 is 2.35 bits per heavy atom. The summed E-state index contributed by atoms with van der Waals surface area (Å²) in [6.45, 7) is 1.92. The first kappa shape index (κ1) is 23.5. The first-order valence-electron chi connectivity index (χ1n) is 9.97. The molecule has 0 bridgehead atoms. The molecule has 34 heavy (non-hydrogen) atoms. The second-order valence-electron chi connectivity index (χ2n) is 7.39. The second-order valence-corrected chi connectivity index (χ2v) is 10.3. The Kier molecular flexibility index (Phi) is 6.40. The minimum absolute atomic E-state index is 0.0159. The number of halogens is 1. The van der Waals surface area contributed by atoms with Crippen LogP contribution < -0.4 is 15.4 Å². The number of benzene rings is 3. The van der Waals surface area contributed by atoms with Gasteiger partial charge in [-0.15, -0.1) is 5.10 Å². The predicted molar refractivity (Wildman–Crippen MR) is 131 cm³/mol. The minimum Gasteiger partial charge on any atom is -0.388 e. The molecule has 9 nitrogen and oxygen atoms in total. The number of carbonyl (C=O) groups is 1. The van der Waals surface area contributed by atoms with Crippen molar-refractivity contribution >= 4 is 43.2 Å². The van der Waals surface area contributed by atoms with Crippen LogP contribution >= 0.6 is 15.9 Å². The summed E-state index contributed by atoms with van der Waals surface area (Å²) in [6, 6.07) is 17.7. The van der Waals surface area contributed by atoms with Crippen LogP contribution in [0.1, 0.15) is 15.9 Å². The summed E-state index contributed by atoms with van der Waals surface area (Å²) < 4.78 is 32.9. The van der Waals surface area contributed by atoms with Crippen LogP contribution in [0.4, 0.5) is 11.4 Å². The molecular weight excluding hydrogens is 524 g/mol. The molecule has 0 aliphatic carbocycles. The van der Waals surface area contributed by atoms with Crippen molar-refractivity contribution in [2.75, 3.05) is 16.7 Å². The summed E-state index contributed by atoms with van der Waals surface area (Å²) in [6.07, 6.45) is 0. The number of sulfonamides is 1. The Morgan fingerprint density at radius 1 is 1.06 bits per heavy atom. The van der Waals surface area contributed by atoms with E-state index in [2.05, 4.69) is 31.4 Å². The highest BCUT2D eigenvalue weighted by Gasteiger charge is 2.22. The Bertz CT molecular complexity index is 1510. The molecule has 11 heteroatoms. The van der Waals surface area contributed by atoms with Crippen LogP contribution in [-0.2, 0) is 10.0 Å². The molecule has 1 heterocycles. The number of aromatic amines is 1. The normalized spacial score (nSPS) is 11.3. The van der Waals surface area contributed by atoms with E-state index in [0.29, 0.717) is 21.4 Å². The van der Waals surface area contributed by atoms with Gasteiger partial charge in [-0.25, -0.2) is 18.3 Å². The summed E-state index contributed by atoms with van der Waals surface area (Å²) in [5, 5.41) is 8.72. The lowest BCUT2D eigenvalue weighted by Crippen LogP contribution is -2.26. The smallest absolute Gasteiger partial charge is 0.388 e. The van der Waals surface area contributed by atoms with Gasteiger partial charge in [-0.3, -0.25) is 9.10 Å². The standard InChI is InChI=1S/C23H19BrN4O5S/c1-14-3-8-17(9-4-14)28(2)34(31,32)18-10-5-15(6-11-18)21(29)25-20-12-7-16(24)13-19(20)22-26-27-23(30)33-22/h3-13H,1-2H3,(H,25,29)(H,27,30). The molecule has 0 fully saturated rings. The van der Waals surface area contributed by atoms with Crippen molar-refractivity contribution in [3.05, 3.63) is 92.9 Å².